The molecule has 4 rings (SSSR count). The average molecular weight is 436 g/mol. The summed E-state index contributed by atoms with van der Waals surface area (Å²) in [6.07, 6.45) is 1.48. The second-order valence-electron chi connectivity index (χ2n) is 7.64. The fourth-order valence-electron chi connectivity index (χ4n) is 3.70. The zero-order valence-electron chi connectivity index (χ0n) is 17.5. The largest absolute Gasteiger partial charge is 0.494 e. The molecule has 0 radical (unpaired) electrons. The molecular formula is C23H24N4O5. The van der Waals surface area contributed by atoms with Gasteiger partial charge in [-0.1, -0.05) is 18.2 Å². The van der Waals surface area contributed by atoms with Gasteiger partial charge in [0.2, 0.25) is 17.8 Å². The molecule has 0 spiro atoms. The first-order valence-electron chi connectivity index (χ1n) is 10.5. The highest BCUT2D eigenvalue weighted by atomic mass is 16.5. The number of guanidine groups is 1. The minimum absolute atomic E-state index is 0.0586. The molecular weight excluding hydrogens is 412 g/mol. The van der Waals surface area contributed by atoms with Crippen LogP contribution < -0.4 is 15.0 Å². The minimum atomic E-state index is -1.05. The Labute approximate surface area is 185 Å². The molecule has 1 saturated heterocycles. The van der Waals surface area contributed by atoms with Crippen LogP contribution in [0.3, 0.4) is 0 Å². The summed E-state index contributed by atoms with van der Waals surface area (Å²) in [5.41, 5.74) is 2.38. The standard InChI is InChI=1S/C23H24N4O5/c28-20-14-26-13-16-12-18(9-10-19(16)24-23(26)25-20)32-11-5-4-8-21(29)27(15-22(30)31)17-6-2-1-3-7-17/h1-3,6-7,9-10,12H,4-5,8,11,13-15H2,(H,30,31)(H,24,25,28). The number of hydrogen-bond acceptors (Lipinski definition) is 6. The molecule has 0 unspecified atom stereocenters. The maximum absolute atomic E-state index is 12.6. The smallest absolute Gasteiger partial charge is 0.323 e. The number of nitrogens with zero attached hydrogens (tertiary/aromatic N) is 3. The Bertz CT molecular complexity index is 1050. The zero-order chi connectivity index (χ0) is 22.5. The van der Waals surface area contributed by atoms with Crippen molar-refractivity contribution in [2.24, 2.45) is 4.99 Å². The number of aliphatic imine (C=N–C) groups is 1. The number of para-hydroxylation sites is 1. The van der Waals surface area contributed by atoms with Crippen LogP contribution in [0.25, 0.3) is 0 Å². The Morgan fingerprint density at radius 2 is 1.94 bits per heavy atom. The molecule has 2 aromatic carbocycles. The van der Waals surface area contributed by atoms with E-state index in [2.05, 4.69) is 10.3 Å². The third kappa shape index (κ3) is 5.05. The number of benzene rings is 2. The number of carboxylic acids is 1. The predicted molar refractivity (Wildman–Crippen MR) is 118 cm³/mol. The van der Waals surface area contributed by atoms with Crippen molar-refractivity contribution in [3.8, 4) is 5.75 Å². The Morgan fingerprint density at radius 3 is 2.72 bits per heavy atom. The Kier molecular flexibility index (Phi) is 6.34. The molecule has 32 heavy (non-hydrogen) atoms. The fourth-order valence-corrected chi connectivity index (χ4v) is 3.70. The van der Waals surface area contributed by atoms with Crippen molar-refractivity contribution in [3.05, 3.63) is 54.1 Å². The van der Waals surface area contributed by atoms with Crippen LogP contribution in [-0.4, -0.2) is 53.4 Å². The van der Waals surface area contributed by atoms with Gasteiger partial charge in [0.05, 0.1) is 12.3 Å². The number of fused-ring (bicyclic) bond motifs is 2. The van der Waals surface area contributed by atoms with Crippen LogP contribution in [0.15, 0.2) is 53.5 Å². The lowest BCUT2D eigenvalue weighted by atomic mass is 10.1. The van der Waals surface area contributed by atoms with Crippen LogP contribution in [0, 0.1) is 0 Å². The molecule has 166 valence electrons. The first-order valence-corrected chi connectivity index (χ1v) is 10.5. The molecule has 0 aromatic heterocycles. The van der Waals surface area contributed by atoms with Gasteiger partial charge in [-0.3, -0.25) is 19.7 Å². The summed E-state index contributed by atoms with van der Waals surface area (Å²) >= 11 is 0. The number of carboxylic acid groups (broad SMARTS) is 1. The second-order valence-corrected chi connectivity index (χ2v) is 7.64. The highest BCUT2D eigenvalue weighted by Crippen LogP contribution is 2.30. The predicted octanol–water partition coefficient (Wildman–Crippen LogP) is 2.29. The van der Waals surface area contributed by atoms with E-state index in [1.807, 2.05) is 29.2 Å². The van der Waals surface area contributed by atoms with Gasteiger partial charge in [0.1, 0.15) is 18.8 Å². The molecule has 0 atom stereocenters. The van der Waals surface area contributed by atoms with E-state index in [0.717, 1.165) is 11.3 Å². The van der Waals surface area contributed by atoms with Crippen LogP contribution in [0.4, 0.5) is 11.4 Å². The number of carbonyl (C=O) groups excluding carboxylic acids is 2. The summed E-state index contributed by atoms with van der Waals surface area (Å²) in [6.45, 7) is 0.974. The van der Waals surface area contributed by atoms with Gasteiger partial charge in [-0.15, -0.1) is 0 Å². The van der Waals surface area contributed by atoms with Crippen molar-refractivity contribution in [1.82, 2.24) is 10.2 Å². The number of rotatable bonds is 9. The van der Waals surface area contributed by atoms with Crippen LogP contribution in [0.1, 0.15) is 24.8 Å². The molecule has 2 aliphatic heterocycles. The van der Waals surface area contributed by atoms with E-state index in [9.17, 15) is 14.4 Å². The summed E-state index contributed by atoms with van der Waals surface area (Å²) in [6, 6.07) is 14.4. The third-order valence-electron chi connectivity index (χ3n) is 5.24. The van der Waals surface area contributed by atoms with Crippen molar-refractivity contribution < 1.29 is 24.2 Å². The van der Waals surface area contributed by atoms with Crippen molar-refractivity contribution in [2.45, 2.75) is 25.8 Å². The van der Waals surface area contributed by atoms with Crippen LogP contribution in [0.2, 0.25) is 0 Å². The first-order chi connectivity index (χ1) is 15.5. The molecule has 0 bridgehead atoms. The Hall–Kier alpha value is -3.88. The summed E-state index contributed by atoms with van der Waals surface area (Å²) in [5, 5.41) is 11.9. The van der Waals surface area contributed by atoms with Crippen LogP contribution in [0.5, 0.6) is 5.75 Å². The monoisotopic (exact) mass is 436 g/mol. The maximum atomic E-state index is 12.6. The second kappa shape index (κ2) is 9.51. The van der Waals surface area contributed by atoms with Crippen molar-refractivity contribution >= 4 is 35.1 Å². The van der Waals surface area contributed by atoms with Gasteiger partial charge in [-0.25, -0.2) is 4.99 Å². The molecule has 0 saturated carbocycles. The Balaban J connectivity index is 1.25. The molecule has 9 heteroatoms. The number of anilines is 1. The highest BCUT2D eigenvalue weighted by molar-refractivity contribution is 6.05. The fraction of sp³-hybridized carbons (Fsp3) is 0.304. The topological polar surface area (TPSA) is 112 Å². The number of amides is 2. The van der Waals surface area contributed by atoms with Crippen LogP contribution >= 0.6 is 0 Å². The molecule has 9 nitrogen and oxygen atoms in total. The number of aliphatic carboxylic acids is 1. The molecule has 2 heterocycles. The molecule has 2 aliphatic rings. The summed E-state index contributed by atoms with van der Waals surface area (Å²) in [4.78, 5) is 42.9. The number of carbonyl (C=O) groups is 3. The lowest BCUT2D eigenvalue weighted by molar-refractivity contribution is -0.136. The lowest BCUT2D eigenvalue weighted by Gasteiger charge is -2.23. The third-order valence-corrected chi connectivity index (χ3v) is 5.24. The lowest BCUT2D eigenvalue weighted by Crippen LogP contribution is -2.35. The van der Waals surface area contributed by atoms with E-state index >= 15 is 0 Å². The summed E-state index contributed by atoms with van der Waals surface area (Å²) in [5.74, 6) is -0.0349. The van der Waals surface area contributed by atoms with Gasteiger partial charge in [-0.2, -0.15) is 0 Å². The molecule has 2 amide bonds. The van der Waals surface area contributed by atoms with Crippen molar-refractivity contribution in [3.63, 3.8) is 0 Å². The quantitative estimate of drug-likeness (QED) is 0.584. The average Bonchev–Trinajstić information content (AvgIpc) is 3.14. The SMILES string of the molecule is O=C(O)CN(C(=O)CCCCOc1ccc2c(c1)CN1CC(=O)NC1=N2)c1ccccc1. The van der Waals surface area contributed by atoms with Crippen molar-refractivity contribution in [2.75, 3.05) is 24.6 Å². The van der Waals surface area contributed by atoms with Crippen molar-refractivity contribution in [1.29, 1.82) is 0 Å². The molecule has 0 aliphatic carbocycles. The van der Waals surface area contributed by atoms with Gasteiger partial charge >= 0.3 is 5.97 Å². The van der Waals surface area contributed by atoms with Gasteiger partial charge in [0.25, 0.3) is 0 Å². The number of unbranched alkanes of at least 4 members (excludes halogenated alkanes) is 1. The van der Waals surface area contributed by atoms with Crippen LogP contribution in [-0.2, 0) is 20.9 Å². The van der Waals surface area contributed by atoms with Gasteiger partial charge < -0.3 is 19.6 Å². The maximum Gasteiger partial charge on any atom is 0.323 e. The van der Waals surface area contributed by atoms with Gasteiger partial charge in [0, 0.05) is 24.2 Å². The van der Waals surface area contributed by atoms with E-state index in [0.29, 0.717) is 49.9 Å². The summed E-state index contributed by atoms with van der Waals surface area (Å²) < 4.78 is 5.83. The number of ether oxygens (including phenoxy) is 1. The minimum Gasteiger partial charge on any atom is -0.494 e. The number of nitrogens with one attached hydrogen (secondary N) is 1. The van der Waals surface area contributed by atoms with Gasteiger partial charge in [0.15, 0.2) is 0 Å². The van der Waals surface area contributed by atoms with Gasteiger partial charge in [-0.05, 0) is 43.2 Å². The summed E-state index contributed by atoms with van der Waals surface area (Å²) in [7, 11) is 0. The molecule has 1 fully saturated rings. The first kappa shape index (κ1) is 21.4. The van der Waals surface area contributed by atoms with E-state index in [1.54, 1.807) is 24.3 Å². The Morgan fingerprint density at radius 1 is 1.12 bits per heavy atom. The van der Waals surface area contributed by atoms with E-state index in [-0.39, 0.29) is 24.8 Å². The highest BCUT2D eigenvalue weighted by Gasteiger charge is 2.29. The number of hydrogen-bond donors (Lipinski definition) is 2. The zero-order valence-corrected chi connectivity index (χ0v) is 17.5. The van der Waals surface area contributed by atoms with E-state index in [4.69, 9.17) is 9.84 Å². The van der Waals surface area contributed by atoms with E-state index < -0.39 is 5.97 Å². The normalized spacial score (nSPS) is 14.2. The molecule has 2 aromatic rings. The van der Waals surface area contributed by atoms with E-state index in [1.165, 1.54) is 4.90 Å². The molecule has 2 N–H and O–H groups in total.